The van der Waals surface area contributed by atoms with Crippen molar-refractivity contribution in [2.24, 2.45) is 0 Å². The van der Waals surface area contributed by atoms with E-state index in [9.17, 15) is 19.8 Å². The van der Waals surface area contributed by atoms with Gasteiger partial charge in [0.25, 0.3) is 0 Å². The molecule has 0 spiro atoms. The van der Waals surface area contributed by atoms with Gasteiger partial charge in [-0.15, -0.1) is 0 Å². The molecule has 0 atom stereocenters. The molecular weight excluding hydrogens is 300 g/mol. The van der Waals surface area contributed by atoms with Crippen molar-refractivity contribution in [3.63, 3.8) is 0 Å². The highest BCUT2D eigenvalue weighted by Crippen LogP contribution is 2.38. The van der Waals surface area contributed by atoms with E-state index in [4.69, 9.17) is 4.74 Å². The van der Waals surface area contributed by atoms with Gasteiger partial charge in [-0.2, -0.15) is 0 Å². The predicted octanol–water partition coefficient (Wildman–Crippen LogP) is 2.21. The Hall–Kier alpha value is -2.18. The molecule has 1 aromatic rings. The van der Waals surface area contributed by atoms with Gasteiger partial charge in [0.15, 0.2) is 11.8 Å². The van der Waals surface area contributed by atoms with Crippen molar-refractivity contribution < 1.29 is 24.5 Å². The van der Waals surface area contributed by atoms with Crippen LogP contribution in [0, 0.1) is 0 Å². The summed E-state index contributed by atoms with van der Waals surface area (Å²) in [6, 6.07) is 1.49. The summed E-state index contributed by atoms with van der Waals surface area (Å²) in [5.74, 6) is -0.169. The molecule has 1 aliphatic heterocycles. The number of carbonyl (C=O) groups is 2. The van der Waals surface area contributed by atoms with Crippen LogP contribution in [0.4, 0.5) is 4.79 Å². The lowest BCUT2D eigenvalue weighted by atomic mass is 9.91. The Morgan fingerprint density at radius 1 is 1.35 bits per heavy atom. The molecule has 23 heavy (non-hydrogen) atoms. The molecule has 0 bridgehead atoms. The minimum absolute atomic E-state index is 0.0347. The smallest absolute Gasteiger partial charge is 0.410 e. The van der Waals surface area contributed by atoms with Gasteiger partial charge in [-0.1, -0.05) is 0 Å². The van der Waals surface area contributed by atoms with E-state index >= 15 is 0 Å². The van der Waals surface area contributed by atoms with Gasteiger partial charge < -0.3 is 24.6 Å². The fourth-order valence-corrected chi connectivity index (χ4v) is 2.80. The fourth-order valence-electron chi connectivity index (χ4n) is 2.80. The number of carbonyl (C=O) groups excluding carboxylic acids is 2. The molecule has 0 aliphatic carbocycles. The molecule has 1 saturated heterocycles. The Labute approximate surface area is 135 Å². The molecule has 2 heterocycles. The number of rotatable bonds is 3. The summed E-state index contributed by atoms with van der Waals surface area (Å²) < 4.78 is 6.52. The monoisotopic (exact) mass is 324 g/mol. The summed E-state index contributed by atoms with van der Waals surface area (Å²) in [6.07, 6.45) is 1.62. The van der Waals surface area contributed by atoms with Crippen LogP contribution in [0.2, 0.25) is 0 Å². The van der Waals surface area contributed by atoms with Gasteiger partial charge in [0.1, 0.15) is 11.9 Å². The average Bonchev–Trinajstić information content (AvgIpc) is 2.74. The number of piperidine rings is 1. The van der Waals surface area contributed by atoms with Gasteiger partial charge in [0.05, 0.1) is 6.54 Å². The van der Waals surface area contributed by atoms with Crippen LogP contribution in [-0.4, -0.2) is 50.8 Å². The van der Waals surface area contributed by atoms with E-state index in [0.29, 0.717) is 37.8 Å². The van der Waals surface area contributed by atoms with Crippen LogP contribution in [0.5, 0.6) is 11.8 Å². The van der Waals surface area contributed by atoms with Crippen molar-refractivity contribution in [2.75, 3.05) is 13.1 Å². The van der Waals surface area contributed by atoms with Gasteiger partial charge in [-0.3, -0.25) is 4.57 Å². The van der Waals surface area contributed by atoms with Crippen LogP contribution in [0.25, 0.3) is 0 Å². The second-order valence-electron chi connectivity index (χ2n) is 6.80. The van der Waals surface area contributed by atoms with Crippen molar-refractivity contribution in [1.82, 2.24) is 9.47 Å². The highest BCUT2D eigenvalue weighted by molar-refractivity contribution is 5.68. The maximum Gasteiger partial charge on any atom is 0.410 e. The summed E-state index contributed by atoms with van der Waals surface area (Å²) in [6.45, 7) is 6.45. The van der Waals surface area contributed by atoms with Crippen molar-refractivity contribution in [3.05, 3.63) is 11.6 Å². The van der Waals surface area contributed by atoms with E-state index < -0.39 is 5.60 Å². The molecule has 0 saturated carbocycles. The predicted molar refractivity (Wildman–Crippen MR) is 83.6 cm³/mol. The van der Waals surface area contributed by atoms with Gasteiger partial charge in [-0.25, -0.2) is 4.79 Å². The lowest BCUT2D eigenvalue weighted by Crippen LogP contribution is -2.41. The van der Waals surface area contributed by atoms with Crippen LogP contribution in [0.1, 0.15) is 45.1 Å². The Balaban J connectivity index is 2.01. The van der Waals surface area contributed by atoms with E-state index in [0.717, 1.165) is 0 Å². The molecule has 2 N–H and O–H groups in total. The first-order chi connectivity index (χ1) is 10.7. The van der Waals surface area contributed by atoms with Gasteiger partial charge in [0.2, 0.25) is 0 Å². The quantitative estimate of drug-likeness (QED) is 0.832. The molecular formula is C16H24N2O5. The topological polar surface area (TPSA) is 92.0 Å². The zero-order chi connectivity index (χ0) is 17.2. The van der Waals surface area contributed by atoms with E-state index in [1.165, 1.54) is 10.6 Å². The Bertz CT molecular complexity index is 580. The maximum absolute atomic E-state index is 12.0. The first-order valence-electron chi connectivity index (χ1n) is 7.76. The zero-order valence-electron chi connectivity index (χ0n) is 13.8. The number of aromatic hydroxyl groups is 2. The molecule has 1 aliphatic rings. The number of aldehydes is 1. The van der Waals surface area contributed by atoms with Gasteiger partial charge in [0, 0.05) is 24.7 Å². The SMILES string of the molecule is CC(C)(C)OC(=O)N1CCC(c2cc(O)n(CC=O)c2O)CC1. The van der Waals surface area contributed by atoms with Crippen LogP contribution in [-0.2, 0) is 16.1 Å². The highest BCUT2D eigenvalue weighted by Gasteiger charge is 2.30. The second-order valence-corrected chi connectivity index (χ2v) is 6.80. The Morgan fingerprint density at radius 3 is 2.48 bits per heavy atom. The van der Waals surface area contributed by atoms with E-state index in [-0.39, 0.29) is 30.3 Å². The summed E-state index contributed by atoms with van der Waals surface area (Å²) in [5.41, 5.74) is 0.0949. The summed E-state index contributed by atoms with van der Waals surface area (Å²) >= 11 is 0. The third-order valence-corrected chi connectivity index (χ3v) is 3.92. The number of amides is 1. The number of nitrogens with zero attached hydrogens (tertiary/aromatic N) is 2. The number of hydrogen-bond donors (Lipinski definition) is 2. The van der Waals surface area contributed by atoms with Crippen molar-refractivity contribution in [2.45, 2.75) is 51.7 Å². The molecule has 128 valence electrons. The van der Waals surface area contributed by atoms with Crippen LogP contribution < -0.4 is 0 Å². The van der Waals surface area contributed by atoms with Crippen LogP contribution >= 0.6 is 0 Å². The molecule has 2 rings (SSSR count). The summed E-state index contributed by atoms with van der Waals surface area (Å²) in [7, 11) is 0. The minimum Gasteiger partial charge on any atom is -0.494 e. The molecule has 7 nitrogen and oxygen atoms in total. The van der Waals surface area contributed by atoms with Crippen molar-refractivity contribution >= 4 is 12.4 Å². The Morgan fingerprint density at radius 2 is 1.96 bits per heavy atom. The van der Waals surface area contributed by atoms with Gasteiger partial charge >= 0.3 is 6.09 Å². The lowest BCUT2D eigenvalue weighted by molar-refractivity contribution is -0.108. The molecule has 1 fully saturated rings. The third-order valence-electron chi connectivity index (χ3n) is 3.92. The van der Waals surface area contributed by atoms with Crippen molar-refractivity contribution in [3.8, 4) is 11.8 Å². The zero-order valence-corrected chi connectivity index (χ0v) is 13.8. The molecule has 7 heteroatoms. The summed E-state index contributed by atoms with van der Waals surface area (Å²) in [5, 5.41) is 20.0. The van der Waals surface area contributed by atoms with Gasteiger partial charge in [-0.05, 0) is 39.5 Å². The molecule has 0 unspecified atom stereocenters. The fraction of sp³-hybridized carbons (Fsp3) is 0.625. The first-order valence-corrected chi connectivity index (χ1v) is 7.76. The second kappa shape index (κ2) is 6.52. The largest absolute Gasteiger partial charge is 0.494 e. The first kappa shape index (κ1) is 17.2. The maximum atomic E-state index is 12.0. The molecule has 1 amide bonds. The standard InChI is InChI=1S/C16H24N2O5/c1-16(2,3)23-15(22)17-6-4-11(5-7-17)12-10-13(20)18(8-9-19)14(12)21/h9-11,20-21H,4-8H2,1-3H3. The molecule has 1 aromatic heterocycles. The lowest BCUT2D eigenvalue weighted by Gasteiger charge is -2.33. The van der Waals surface area contributed by atoms with Crippen molar-refractivity contribution in [1.29, 1.82) is 0 Å². The van der Waals surface area contributed by atoms with E-state index in [2.05, 4.69) is 0 Å². The number of likely N-dealkylation sites (tertiary alicyclic amines) is 1. The number of hydrogen-bond acceptors (Lipinski definition) is 5. The Kier molecular flexibility index (Phi) is 4.87. The number of aromatic nitrogens is 1. The van der Waals surface area contributed by atoms with E-state index in [1.54, 1.807) is 4.90 Å². The van der Waals surface area contributed by atoms with E-state index in [1.807, 2.05) is 20.8 Å². The minimum atomic E-state index is -0.524. The average molecular weight is 324 g/mol. The normalized spacial score (nSPS) is 16.4. The molecule has 0 aromatic carbocycles. The summed E-state index contributed by atoms with van der Waals surface area (Å²) in [4.78, 5) is 24.3. The molecule has 0 radical (unpaired) electrons. The van der Waals surface area contributed by atoms with Crippen LogP contribution in [0.15, 0.2) is 6.07 Å². The third kappa shape index (κ3) is 3.97. The highest BCUT2D eigenvalue weighted by atomic mass is 16.6. The van der Waals surface area contributed by atoms with Crippen LogP contribution in [0.3, 0.4) is 0 Å². The number of ether oxygens (including phenoxy) is 1.